The van der Waals surface area contributed by atoms with Crippen LogP contribution < -0.4 is 5.32 Å². The molecular weight excluding hydrogens is 840 g/mol. The molecule has 0 aliphatic rings. The van der Waals surface area contributed by atoms with Crippen LogP contribution >= 0.6 is 7.82 Å². The summed E-state index contributed by atoms with van der Waals surface area (Å²) >= 11 is 0. The lowest BCUT2D eigenvalue weighted by molar-refractivity contribution is -0.870. The van der Waals surface area contributed by atoms with Crippen LogP contribution in [0.25, 0.3) is 0 Å². The molecule has 0 aromatic rings. The van der Waals surface area contributed by atoms with Gasteiger partial charge in [-0.3, -0.25) is 13.8 Å². The number of rotatable bonds is 53. The maximum absolute atomic E-state index is 13.0. The highest BCUT2D eigenvalue weighted by atomic mass is 31.2. The van der Waals surface area contributed by atoms with Gasteiger partial charge in [0.2, 0.25) is 5.91 Å². The Labute approximate surface area is 411 Å². The van der Waals surface area contributed by atoms with Crippen LogP contribution in [0.5, 0.6) is 0 Å². The first-order valence-electron chi connectivity index (χ1n) is 28.7. The molecule has 66 heavy (non-hydrogen) atoms. The first-order chi connectivity index (χ1) is 32.0. The Balaban J connectivity index is 4.20. The molecule has 0 bridgehead atoms. The number of likely N-dealkylation sites (N-methyl/N-ethyl adjacent to an activating group) is 1. The van der Waals surface area contributed by atoms with Gasteiger partial charge in [0.1, 0.15) is 13.2 Å². The number of nitrogens with one attached hydrogen (secondary N) is 1. The molecule has 1 amide bonds. The molecule has 0 saturated carbocycles. The lowest BCUT2D eigenvalue weighted by Crippen LogP contribution is -2.45. The molecule has 0 fully saturated rings. The van der Waals surface area contributed by atoms with Crippen molar-refractivity contribution in [1.82, 2.24) is 5.32 Å². The van der Waals surface area contributed by atoms with Crippen molar-refractivity contribution in [2.24, 2.45) is 0 Å². The van der Waals surface area contributed by atoms with Crippen LogP contribution in [-0.2, 0) is 18.4 Å². The SMILES string of the molecule is CCCCCCCCCCCCCCC/C=C/CC/C=C/C(O)C(COP(=O)(O)OCC[N+](C)(C)C)NC(=O)CCCCCCCCCCCCCCCCCCCCCCCCCCC. The molecule has 9 heteroatoms. The number of unbranched alkanes of at least 4 members (excludes halogenated alkanes) is 38. The van der Waals surface area contributed by atoms with Crippen molar-refractivity contribution < 1.29 is 32.9 Å². The van der Waals surface area contributed by atoms with E-state index < -0.39 is 20.0 Å². The summed E-state index contributed by atoms with van der Waals surface area (Å²) in [6.45, 7) is 4.84. The summed E-state index contributed by atoms with van der Waals surface area (Å²) in [6, 6.07) is -0.860. The molecule has 0 rings (SSSR count). The molecule has 0 aliphatic heterocycles. The minimum Gasteiger partial charge on any atom is -0.387 e. The van der Waals surface area contributed by atoms with Crippen LogP contribution in [0.2, 0.25) is 0 Å². The number of nitrogens with zero attached hydrogens (tertiary/aromatic N) is 1. The molecule has 3 unspecified atom stereocenters. The molecule has 0 aromatic heterocycles. The maximum atomic E-state index is 13.0. The molecular formula is C57H114N2O6P+. The van der Waals surface area contributed by atoms with Crippen LogP contribution in [0.1, 0.15) is 284 Å². The second-order valence-corrected chi connectivity index (χ2v) is 22.5. The second kappa shape index (κ2) is 49.0. The lowest BCUT2D eigenvalue weighted by atomic mass is 10.0. The van der Waals surface area contributed by atoms with E-state index in [4.69, 9.17) is 9.05 Å². The summed E-state index contributed by atoms with van der Waals surface area (Å²) in [4.78, 5) is 23.3. The van der Waals surface area contributed by atoms with Crippen molar-refractivity contribution >= 4 is 13.7 Å². The summed E-state index contributed by atoms with van der Waals surface area (Å²) in [5.41, 5.74) is 0. The van der Waals surface area contributed by atoms with Crippen LogP contribution in [-0.4, -0.2) is 73.4 Å². The first kappa shape index (κ1) is 65.0. The Bertz CT molecular complexity index is 1130. The highest BCUT2D eigenvalue weighted by Crippen LogP contribution is 2.43. The van der Waals surface area contributed by atoms with Gasteiger partial charge in [0.25, 0.3) is 0 Å². The van der Waals surface area contributed by atoms with Gasteiger partial charge in [0.15, 0.2) is 0 Å². The molecule has 0 aliphatic carbocycles. The van der Waals surface area contributed by atoms with E-state index in [-0.39, 0.29) is 19.1 Å². The number of phosphoric acid groups is 1. The van der Waals surface area contributed by atoms with Gasteiger partial charge in [0, 0.05) is 6.42 Å². The molecule has 3 atom stereocenters. The van der Waals surface area contributed by atoms with Gasteiger partial charge in [-0.05, 0) is 32.1 Å². The Hall–Kier alpha value is -1.02. The van der Waals surface area contributed by atoms with Crippen molar-refractivity contribution in [2.45, 2.75) is 296 Å². The number of phosphoric ester groups is 1. The number of carbonyl (C=O) groups is 1. The third-order valence-corrected chi connectivity index (χ3v) is 14.2. The standard InChI is InChI=1S/C57H113N2O6P/c1-6-8-10-12-14-16-18-20-22-24-26-27-28-29-30-31-33-35-37-39-41-43-45-47-49-51-57(61)58-55(54-65-66(62,63)64-53-52-59(3,4)5)56(60)50-48-46-44-42-40-38-36-34-32-25-23-21-19-17-15-13-11-9-7-2/h40,42,48,50,55-56,60H,6-39,41,43-47,49,51-54H2,1-5H3,(H-,58,61,62,63)/p+1/b42-40+,50-48+. The molecule has 0 heterocycles. The fourth-order valence-electron chi connectivity index (χ4n) is 8.65. The van der Waals surface area contributed by atoms with Gasteiger partial charge in [0.05, 0.1) is 39.9 Å². The number of quaternary nitrogens is 1. The fourth-order valence-corrected chi connectivity index (χ4v) is 9.38. The normalized spacial score (nSPS) is 14.1. The van der Waals surface area contributed by atoms with Gasteiger partial charge < -0.3 is 19.8 Å². The van der Waals surface area contributed by atoms with Crippen LogP contribution in [0, 0.1) is 0 Å². The van der Waals surface area contributed by atoms with E-state index in [0.29, 0.717) is 17.4 Å². The average molecular weight is 955 g/mol. The molecule has 8 nitrogen and oxygen atoms in total. The van der Waals surface area contributed by atoms with E-state index >= 15 is 0 Å². The summed E-state index contributed by atoms with van der Waals surface area (Å²) in [7, 11) is 1.57. The number of carbonyl (C=O) groups excluding carboxylic acids is 1. The van der Waals surface area contributed by atoms with E-state index in [9.17, 15) is 19.4 Å². The van der Waals surface area contributed by atoms with E-state index in [1.54, 1.807) is 6.08 Å². The molecule has 0 saturated heterocycles. The topological polar surface area (TPSA) is 105 Å². The zero-order valence-corrected chi connectivity index (χ0v) is 45.6. The molecule has 0 radical (unpaired) electrons. The van der Waals surface area contributed by atoms with Crippen molar-refractivity contribution in [3.8, 4) is 0 Å². The molecule has 3 N–H and O–H groups in total. The Morgan fingerprint density at radius 2 is 0.833 bits per heavy atom. The van der Waals surface area contributed by atoms with Crippen molar-refractivity contribution in [3.05, 3.63) is 24.3 Å². The minimum atomic E-state index is -4.35. The van der Waals surface area contributed by atoms with E-state index in [1.807, 2.05) is 27.2 Å². The van der Waals surface area contributed by atoms with Gasteiger partial charge in [-0.25, -0.2) is 4.57 Å². The minimum absolute atomic E-state index is 0.0588. The van der Waals surface area contributed by atoms with Crippen molar-refractivity contribution in [3.63, 3.8) is 0 Å². The molecule has 392 valence electrons. The zero-order valence-electron chi connectivity index (χ0n) is 44.7. The van der Waals surface area contributed by atoms with E-state index in [0.717, 1.165) is 38.5 Å². The Morgan fingerprint density at radius 3 is 1.21 bits per heavy atom. The van der Waals surface area contributed by atoms with Crippen LogP contribution in [0.4, 0.5) is 0 Å². The second-order valence-electron chi connectivity index (χ2n) is 21.0. The Kier molecular flexibility index (Phi) is 48.2. The summed E-state index contributed by atoms with van der Waals surface area (Å²) in [5, 5.41) is 13.9. The predicted octanol–water partition coefficient (Wildman–Crippen LogP) is 17.2. The number of amides is 1. The first-order valence-corrected chi connectivity index (χ1v) is 30.2. The number of allylic oxidation sites excluding steroid dienone is 3. The number of hydrogen-bond acceptors (Lipinski definition) is 5. The third-order valence-electron chi connectivity index (χ3n) is 13.2. The fraction of sp³-hybridized carbons (Fsp3) is 0.912. The van der Waals surface area contributed by atoms with E-state index in [2.05, 4.69) is 31.3 Å². The quantitative estimate of drug-likeness (QED) is 0.0243. The summed E-state index contributed by atoms with van der Waals surface area (Å²) in [5.74, 6) is -0.181. The monoisotopic (exact) mass is 954 g/mol. The van der Waals surface area contributed by atoms with E-state index in [1.165, 1.54) is 225 Å². The average Bonchev–Trinajstić information content (AvgIpc) is 3.28. The van der Waals surface area contributed by atoms with Crippen LogP contribution in [0.15, 0.2) is 24.3 Å². The highest BCUT2D eigenvalue weighted by molar-refractivity contribution is 7.47. The third kappa shape index (κ3) is 50.8. The zero-order chi connectivity index (χ0) is 48.5. The summed E-state index contributed by atoms with van der Waals surface area (Å²) < 4.78 is 23.7. The molecule has 0 aromatic carbocycles. The maximum Gasteiger partial charge on any atom is 0.472 e. The largest absolute Gasteiger partial charge is 0.472 e. The smallest absolute Gasteiger partial charge is 0.387 e. The number of aliphatic hydroxyl groups excluding tert-OH is 1. The highest BCUT2D eigenvalue weighted by Gasteiger charge is 2.27. The van der Waals surface area contributed by atoms with Gasteiger partial charge in [-0.1, -0.05) is 269 Å². The predicted molar refractivity (Wildman–Crippen MR) is 286 cm³/mol. The van der Waals surface area contributed by atoms with Crippen molar-refractivity contribution in [1.29, 1.82) is 0 Å². The van der Waals surface area contributed by atoms with Gasteiger partial charge in [-0.2, -0.15) is 0 Å². The summed E-state index contributed by atoms with van der Waals surface area (Å²) in [6.07, 6.45) is 61.4. The van der Waals surface area contributed by atoms with Crippen molar-refractivity contribution in [2.75, 3.05) is 40.9 Å². The molecule has 0 spiro atoms. The van der Waals surface area contributed by atoms with Gasteiger partial charge >= 0.3 is 7.82 Å². The lowest BCUT2D eigenvalue weighted by Gasteiger charge is -2.25. The number of hydrogen-bond donors (Lipinski definition) is 3. The number of aliphatic hydroxyl groups is 1. The van der Waals surface area contributed by atoms with Crippen LogP contribution in [0.3, 0.4) is 0 Å². The van der Waals surface area contributed by atoms with Gasteiger partial charge in [-0.15, -0.1) is 0 Å². The Morgan fingerprint density at radius 1 is 0.500 bits per heavy atom.